The molecule has 1 heteroatoms. The summed E-state index contributed by atoms with van der Waals surface area (Å²) in [7, 11) is 0. The highest BCUT2D eigenvalue weighted by atomic mass is 14.7. The summed E-state index contributed by atoms with van der Waals surface area (Å²) in [6.07, 6.45) is 3.08. The van der Waals surface area contributed by atoms with Crippen LogP contribution in [0.2, 0.25) is 0 Å². The van der Waals surface area contributed by atoms with E-state index >= 15 is 0 Å². The fourth-order valence-corrected chi connectivity index (χ4v) is 0.507. The molecule has 0 saturated heterocycles. The molecular weight excluding hydrogens is 74.1 g/mol. The minimum Gasteiger partial charge on any atom is -0.327 e. The Kier molecular flexibility index (Phi) is 0.701. The van der Waals surface area contributed by atoms with Crippen molar-refractivity contribution in [2.45, 2.75) is 12.5 Å². The molecule has 0 aliphatic heterocycles. The molecule has 0 aromatic carbocycles. The van der Waals surface area contributed by atoms with Gasteiger partial charge in [-0.2, -0.15) is 0 Å². The summed E-state index contributed by atoms with van der Waals surface area (Å²) < 4.78 is 0. The van der Waals surface area contributed by atoms with Crippen molar-refractivity contribution in [3.8, 4) is 0 Å². The third-order valence-corrected chi connectivity index (χ3v) is 1.19. The minimum atomic E-state index is 0.447. The van der Waals surface area contributed by atoms with E-state index in [-0.39, 0.29) is 0 Å². The molecule has 0 spiro atoms. The van der Waals surface area contributed by atoms with Gasteiger partial charge in [-0.3, -0.25) is 0 Å². The van der Waals surface area contributed by atoms with E-state index < -0.39 is 0 Å². The molecule has 0 aromatic rings. The van der Waals surface area contributed by atoms with Gasteiger partial charge in [-0.1, -0.05) is 6.08 Å². The fraction of sp³-hybridized carbons (Fsp3) is 0.600. The van der Waals surface area contributed by atoms with Crippen molar-refractivity contribution in [2.24, 2.45) is 11.7 Å². The zero-order chi connectivity index (χ0) is 4.57. The van der Waals surface area contributed by atoms with Crippen LogP contribution >= 0.6 is 0 Å². The maximum Gasteiger partial charge on any atom is 0.0109 e. The molecule has 1 aliphatic rings. The molecule has 1 saturated carbocycles. The Morgan fingerprint density at radius 3 is 2.33 bits per heavy atom. The molecule has 1 nitrogen and oxygen atoms in total. The molecular formula is C5H9N. The minimum absolute atomic E-state index is 0.447. The smallest absolute Gasteiger partial charge is 0.0109 e. The Morgan fingerprint density at radius 1 is 1.83 bits per heavy atom. The highest BCUT2D eigenvalue weighted by Gasteiger charge is 2.29. The molecule has 0 radical (unpaired) electrons. The summed E-state index contributed by atoms with van der Waals surface area (Å²) in [4.78, 5) is 0. The molecule has 1 fully saturated rings. The first kappa shape index (κ1) is 3.88. The van der Waals surface area contributed by atoms with Crippen molar-refractivity contribution in [1.29, 1.82) is 0 Å². The van der Waals surface area contributed by atoms with Gasteiger partial charge in [-0.25, -0.2) is 0 Å². The van der Waals surface area contributed by atoms with Crippen LogP contribution in [-0.4, -0.2) is 6.04 Å². The number of rotatable bonds is 1. The molecule has 2 N–H and O–H groups in total. The van der Waals surface area contributed by atoms with Crippen molar-refractivity contribution in [3.63, 3.8) is 0 Å². The summed E-state index contributed by atoms with van der Waals surface area (Å²) in [5, 5.41) is 0. The largest absolute Gasteiger partial charge is 0.327 e. The lowest BCUT2D eigenvalue weighted by Crippen LogP contribution is -1.99. The maximum atomic E-state index is 5.41. The molecule has 2 atom stereocenters. The van der Waals surface area contributed by atoms with Gasteiger partial charge in [0.25, 0.3) is 0 Å². The summed E-state index contributed by atoms with van der Waals surface area (Å²) in [6.45, 7) is 3.59. The second kappa shape index (κ2) is 1.09. The molecule has 1 aliphatic carbocycles. The number of hydrogen-bond acceptors (Lipinski definition) is 1. The molecule has 1 rings (SSSR count). The highest BCUT2D eigenvalue weighted by molar-refractivity contribution is 5.00. The van der Waals surface area contributed by atoms with E-state index in [1.54, 1.807) is 0 Å². The van der Waals surface area contributed by atoms with Gasteiger partial charge in [0.15, 0.2) is 0 Å². The van der Waals surface area contributed by atoms with Gasteiger partial charge in [0.1, 0.15) is 0 Å². The first-order valence-corrected chi connectivity index (χ1v) is 2.22. The van der Waals surface area contributed by atoms with Crippen LogP contribution in [0.25, 0.3) is 0 Å². The molecule has 0 bridgehead atoms. The lowest BCUT2D eigenvalue weighted by atomic mass is 10.4. The second-order valence-corrected chi connectivity index (χ2v) is 1.80. The van der Waals surface area contributed by atoms with Crippen molar-refractivity contribution in [2.75, 3.05) is 0 Å². The lowest BCUT2D eigenvalue weighted by Gasteiger charge is -1.73. The molecule has 0 heterocycles. The number of nitrogens with two attached hydrogens (primary N) is 1. The third-order valence-electron chi connectivity index (χ3n) is 1.19. The summed E-state index contributed by atoms with van der Waals surface area (Å²) in [5.41, 5.74) is 5.41. The van der Waals surface area contributed by atoms with Gasteiger partial charge in [0.2, 0.25) is 0 Å². The third kappa shape index (κ3) is 0.455. The molecule has 0 aromatic heterocycles. The van der Waals surface area contributed by atoms with Crippen molar-refractivity contribution in [3.05, 3.63) is 12.7 Å². The van der Waals surface area contributed by atoms with E-state index in [0.717, 1.165) is 6.42 Å². The van der Waals surface area contributed by atoms with Gasteiger partial charge in [0.05, 0.1) is 0 Å². The van der Waals surface area contributed by atoms with E-state index in [0.29, 0.717) is 12.0 Å². The lowest BCUT2D eigenvalue weighted by molar-refractivity contribution is 0.978. The Balaban J connectivity index is 2.25. The van der Waals surface area contributed by atoms with Crippen LogP contribution in [0.1, 0.15) is 6.42 Å². The van der Waals surface area contributed by atoms with Crippen LogP contribution in [-0.2, 0) is 0 Å². The SMILES string of the molecule is C=CC1C[C@@H]1N. The van der Waals surface area contributed by atoms with E-state index in [9.17, 15) is 0 Å². The molecule has 6 heavy (non-hydrogen) atoms. The van der Waals surface area contributed by atoms with Crippen LogP contribution in [0.15, 0.2) is 12.7 Å². The predicted molar refractivity (Wildman–Crippen MR) is 26.3 cm³/mol. The molecule has 34 valence electrons. The summed E-state index contributed by atoms with van der Waals surface area (Å²) in [6, 6.07) is 0.447. The Hall–Kier alpha value is -0.300. The normalized spacial score (nSPS) is 42.2. The maximum absolute atomic E-state index is 5.41. The average Bonchev–Trinajstić information content (AvgIpc) is 2.19. The quantitative estimate of drug-likeness (QED) is 0.459. The van der Waals surface area contributed by atoms with Crippen LogP contribution in [0, 0.1) is 5.92 Å². The Bertz CT molecular complexity index is 68.3. The monoisotopic (exact) mass is 83.1 g/mol. The average molecular weight is 83.1 g/mol. The van der Waals surface area contributed by atoms with Crippen LogP contribution < -0.4 is 5.73 Å². The first-order valence-electron chi connectivity index (χ1n) is 2.22. The number of hydrogen-bond donors (Lipinski definition) is 1. The topological polar surface area (TPSA) is 26.0 Å². The zero-order valence-electron chi connectivity index (χ0n) is 3.72. The standard InChI is InChI=1S/C5H9N/c1-2-4-3-5(4)6/h2,4-5H,1,3,6H2/t4?,5-/m0/s1. The Labute approximate surface area is 37.8 Å². The summed E-state index contributed by atoms with van der Waals surface area (Å²) in [5.74, 6) is 0.644. The van der Waals surface area contributed by atoms with Gasteiger partial charge in [-0.05, 0) is 12.3 Å². The second-order valence-electron chi connectivity index (χ2n) is 1.80. The van der Waals surface area contributed by atoms with Crippen LogP contribution in [0.5, 0.6) is 0 Å². The first-order chi connectivity index (χ1) is 2.84. The van der Waals surface area contributed by atoms with Gasteiger partial charge < -0.3 is 5.73 Å². The van der Waals surface area contributed by atoms with E-state index in [2.05, 4.69) is 6.58 Å². The summed E-state index contributed by atoms with van der Waals surface area (Å²) >= 11 is 0. The van der Waals surface area contributed by atoms with E-state index in [1.807, 2.05) is 6.08 Å². The predicted octanol–water partition coefficient (Wildman–Crippen LogP) is 0.520. The molecule has 1 unspecified atom stereocenters. The van der Waals surface area contributed by atoms with Crippen LogP contribution in [0.3, 0.4) is 0 Å². The van der Waals surface area contributed by atoms with E-state index in [1.165, 1.54) is 0 Å². The Morgan fingerprint density at radius 2 is 2.33 bits per heavy atom. The fourth-order valence-electron chi connectivity index (χ4n) is 0.507. The van der Waals surface area contributed by atoms with Crippen molar-refractivity contribution in [1.82, 2.24) is 0 Å². The zero-order valence-corrected chi connectivity index (χ0v) is 3.72. The van der Waals surface area contributed by atoms with Gasteiger partial charge >= 0.3 is 0 Å². The van der Waals surface area contributed by atoms with Crippen LogP contribution in [0.4, 0.5) is 0 Å². The molecule has 0 amide bonds. The van der Waals surface area contributed by atoms with Gasteiger partial charge in [0, 0.05) is 6.04 Å². The van der Waals surface area contributed by atoms with Crippen molar-refractivity contribution < 1.29 is 0 Å². The van der Waals surface area contributed by atoms with E-state index in [4.69, 9.17) is 5.73 Å². The highest BCUT2D eigenvalue weighted by Crippen LogP contribution is 2.27. The van der Waals surface area contributed by atoms with Crippen molar-refractivity contribution >= 4 is 0 Å². The van der Waals surface area contributed by atoms with Gasteiger partial charge in [-0.15, -0.1) is 6.58 Å².